The van der Waals surface area contributed by atoms with Crippen LogP contribution in [0.1, 0.15) is 83.5 Å². The summed E-state index contributed by atoms with van der Waals surface area (Å²) >= 11 is 0. The molecule has 3 aromatic rings. The Balaban J connectivity index is 1.71. The third-order valence-corrected chi connectivity index (χ3v) is 7.50. The van der Waals surface area contributed by atoms with Gasteiger partial charge in [-0.3, -0.25) is 10.1 Å². The van der Waals surface area contributed by atoms with Gasteiger partial charge in [-0.15, -0.1) is 0 Å². The van der Waals surface area contributed by atoms with Crippen LogP contribution >= 0.6 is 0 Å². The Kier molecular flexibility index (Phi) is 6.33. The van der Waals surface area contributed by atoms with Gasteiger partial charge in [-0.2, -0.15) is 0 Å². The fraction of sp³-hybridized carbons (Fsp3) is 0.333. The second-order valence-corrected chi connectivity index (χ2v) is 10.9. The summed E-state index contributed by atoms with van der Waals surface area (Å²) in [5.74, 6) is -1.45. The fourth-order valence-electron chi connectivity index (χ4n) is 5.18. The molecule has 0 heterocycles. The predicted octanol–water partition coefficient (Wildman–Crippen LogP) is 7.22. The van der Waals surface area contributed by atoms with E-state index in [1.165, 1.54) is 0 Å². The molecular weight excluding hydrogens is 454 g/mol. The van der Waals surface area contributed by atoms with Crippen LogP contribution in [0.25, 0.3) is 11.1 Å². The molecule has 0 spiro atoms. The van der Waals surface area contributed by atoms with Gasteiger partial charge in [-0.1, -0.05) is 58.0 Å². The number of nitro groups is 1. The van der Waals surface area contributed by atoms with E-state index in [9.17, 15) is 19.7 Å². The lowest BCUT2D eigenvalue weighted by atomic mass is 9.61. The van der Waals surface area contributed by atoms with Crippen molar-refractivity contribution in [3.8, 4) is 11.1 Å². The first-order chi connectivity index (χ1) is 16.8. The maximum Gasteiger partial charge on any atom is 0.346 e. The molecule has 0 fully saturated rings. The van der Waals surface area contributed by atoms with Crippen molar-refractivity contribution < 1.29 is 19.2 Å². The topological polar surface area (TPSA) is 86.5 Å². The Bertz CT molecular complexity index is 1380. The maximum atomic E-state index is 12.6. The third kappa shape index (κ3) is 4.43. The number of esters is 2. The first kappa shape index (κ1) is 25.3. The minimum Gasteiger partial charge on any atom is -0.386 e. The van der Waals surface area contributed by atoms with Gasteiger partial charge in [0, 0.05) is 11.1 Å². The third-order valence-electron chi connectivity index (χ3n) is 7.50. The molecule has 6 heteroatoms. The molecule has 1 aliphatic rings. The largest absolute Gasteiger partial charge is 0.386 e. The van der Waals surface area contributed by atoms with Crippen LogP contribution in [0.15, 0.2) is 54.6 Å². The molecule has 0 amide bonds. The molecule has 6 nitrogen and oxygen atoms in total. The number of ether oxygens (including phenoxy) is 1. The smallest absolute Gasteiger partial charge is 0.346 e. The minimum atomic E-state index is -0.745. The van der Waals surface area contributed by atoms with Crippen LogP contribution < -0.4 is 0 Å². The van der Waals surface area contributed by atoms with Crippen molar-refractivity contribution in [2.24, 2.45) is 0 Å². The molecule has 0 aromatic heterocycles. The van der Waals surface area contributed by atoms with E-state index in [0.29, 0.717) is 11.1 Å². The summed E-state index contributed by atoms with van der Waals surface area (Å²) in [6.45, 7) is 12.0. The van der Waals surface area contributed by atoms with Crippen LogP contribution in [-0.2, 0) is 15.6 Å². The van der Waals surface area contributed by atoms with Crippen molar-refractivity contribution >= 4 is 17.6 Å². The standard InChI is InChI=1S/C30H31NO5/c1-18-9-7-8-10-22(18)28(33)36-27(32)21-13-11-20(12-14-21)23-17-24-25(26(19(23)2)31(34)35)30(5,6)16-15-29(24,3)4/h7-14,17H,15-16H2,1-6H3. The number of benzene rings is 3. The summed E-state index contributed by atoms with van der Waals surface area (Å²) in [4.78, 5) is 37.1. The highest BCUT2D eigenvalue weighted by molar-refractivity contribution is 6.03. The molecule has 0 radical (unpaired) electrons. The number of carbonyl (C=O) groups is 2. The SMILES string of the molecule is Cc1ccccc1C(=O)OC(=O)c1ccc(-c2cc3c(c([N+](=O)[O-])c2C)C(C)(C)CCC3(C)C)cc1. The zero-order chi connectivity index (χ0) is 26.4. The summed E-state index contributed by atoms with van der Waals surface area (Å²) in [5, 5.41) is 12.3. The number of nitrogens with zero attached hydrogens (tertiary/aromatic N) is 1. The zero-order valence-corrected chi connectivity index (χ0v) is 21.6. The van der Waals surface area contributed by atoms with Crippen molar-refractivity contribution in [1.29, 1.82) is 0 Å². The molecule has 0 saturated heterocycles. The summed E-state index contributed by atoms with van der Waals surface area (Å²) in [6.07, 6.45) is 1.82. The molecule has 0 atom stereocenters. The normalized spacial score (nSPS) is 15.6. The Morgan fingerprint density at radius 2 is 1.50 bits per heavy atom. The highest BCUT2D eigenvalue weighted by atomic mass is 16.6. The van der Waals surface area contributed by atoms with Gasteiger partial charge < -0.3 is 4.74 Å². The van der Waals surface area contributed by atoms with Crippen molar-refractivity contribution in [2.75, 3.05) is 0 Å². The van der Waals surface area contributed by atoms with Crippen LogP contribution in [0.2, 0.25) is 0 Å². The summed E-state index contributed by atoms with van der Waals surface area (Å²) in [6, 6.07) is 15.6. The van der Waals surface area contributed by atoms with E-state index in [1.807, 2.05) is 6.07 Å². The Morgan fingerprint density at radius 1 is 0.889 bits per heavy atom. The van der Waals surface area contributed by atoms with E-state index >= 15 is 0 Å². The Morgan fingerprint density at radius 3 is 2.11 bits per heavy atom. The van der Waals surface area contributed by atoms with Crippen molar-refractivity contribution in [3.63, 3.8) is 0 Å². The molecular formula is C30H31NO5. The molecule has 0 saturated carbocycles. The van der Waals surface area contributed by atoms with Crippen LogP contribution in [0.5, 0.6) is 0 Å². The van der Waals surface area contributed by atoms with Crippen LogP contribution in [0.4, 0.5) is 5.69 Å². The number of aryl methyl sites for hydroxylation is 1. The second kappa shape index (κ2) is 9.01. The lowest BCUT2D eigenvalue weighted by Gasteiger charge is -2.41. The lowest BCUT2D eigenvalue weighted by Crippen LogP contribution is -2.35. The van der Waals surface area contributed by atoms with Crippen LogP contribution in [-0.4, -0.2) is 16.9 Å². The first-order valence-electron chi connectivity index (χ1n) is 12.1. The lowest BCUT2D eigenvalue weighted by molar-refractivity contribution is -0.386. The van der Waals surface area contributed by atoms with E-state index in [0.717, 1.165) is 40.7 Å². The van der Waals surface area contributed by atoms with Gasteiger partial charge in [0.25, 0.3) is 5.69 Å². The minimum absolute atomic E-state index is 0.174. The van der Waals surface area contributed by atoms with Gasteiger partial charge >= 0.3 is 11.9 Å². The highest BCUT2D eigenvalue weighted by Gasteiger charge is 2.43. The summed E-state index contributed by atoms with van der Waals surface area (Å²) in [7, 11) is 0. The molecule has 0 N–H and O–H groups in total. The maximum absolute atomic E-state index is 12.6. The number of hydrogen-bond donors (Lipinski definition) is 0. The van der Waals surface area contributed by atoms with Crippen molar-refractivity contribution in [3.05, 3.63) is 98.1 Å². The van der Waals surface area contributed by atoms with Gasteiger partial charge in [0.2, 0.25) is 0 Å². The average molecular weight is 486 g/mol. The number of nitro benzene ring substituents is 1. The Labute approximate surface area is 211 Å². The molecule has 4 rings (SSSR count). The Hall–Kier alpha value is -3.80. The molecule has 3 aromatic carbocycles. The number of fused-ring (bicyclic) bond motifs is 1. The molecule has 36 heavy (non-hydrogen) atoms. The molecule has 186 valence electrons. The summed E-state index contributed by atoms with van der Waals surface area (Å²) in [5.41, 5.74) is 4.92. The van der Waals surface area contributed by atoms with Crippen LogP contribution in [0.3, 0.4) is 0 Å². The fourth-order valence-corrected chi connectivity index (χ4v) is 5.18. The van der Waals surface area contributed by atoms with Gasteiger partial charge in [0.15, 0.2) is 0 Å². The average Bonchev–Trinajstić information content (AvgIpc) is 2.82. The number of rotatable bonds is 4. The molecule has 0 unspecified atom stereocenters. The molecule has 0 aliphatic heterocycles. The zero-order valence-electron chi connectivity index (χ0n) is 21.6. The highest BCUT2D eigenvalue weighted by Crippen LogP contribution is 2.52. The first-order valence-corrected chi connectivity index (χ1v) is 12.1. The van der Waals surface area contributed by atoms with Gasteiger partial charge in [-0.25, -0.2) is 9.59 Å². The molecule has 0 bridgehead atoms. The summed E-state index contributed by atoms with van der Waals surface area (Å²) < 4.78 is 5.08. The number of carbonyl (C=O) groups excluding carboxylic acids is 2. The number of hydrogen-bond acceptors (Lipinski definition) is 5. The van der Waals surface area contributed by atoms with E-state index in [1.54, 1.807) is 56.3 Å². The van der Waals surface area contributed by atoms with Gasteiger partial charge in [0.05, 0.1) is 16.1 Å². The van der Waals surface area contributed by atoms with Crippen LogP contribution in [0, 0.1) is 24.0 Å². The molecule has 1 aliphatic carbocycles. The monoisotopic (exact) mass is 485 g/mol. The van der Waals surface area contributed by atoms with Gasteiger partial charge in [-0.05, 0) is 84.0 Å². The van der Waals surface area contributed by atoms with Crippen molar-refractivity contribution in [2.45, 2.75) is 65.2 Å². The van der Waals surface area contributed by atoms with E-state index in [-0.39, 0.29) is 27.0 Å². The quantitative estimate of drug-likeness (QED) is 0.168. The van der Waals surface area contributed by atoms with Gasteiger partial charge in [0.1, 0.15) is 0 Å². The van der Waals surface area contributed by atoms with E-state index in [2.05, 4.69) is 33.8 Å². The second-order valence-electron chi connectivity index (χ2n) is 10.9. The van der Waals surface area contributed by atoms with Crippen molar-refractivity contribution in [1.82, 2.24) is 0 Å². The predicted molar refractivity (Wildman–Crippen MR) is 139 cm³/mol. The van der Waals surface area contributed by atoms with E-state index < -0.39 is 11.9 Å². The van der Waals surface area contributed by atoms with E-state index in [4.69, 9.17) is 4.74 Å².